The van der Waals surface area contributed by atoms with Crippen molar-refractivity contribution in [3.63, 3.8) is 0 Å². The van der Waals surface area contributed by atoms with Gasteiger partial charge in [-0.2, -0.15) is 0 Å². The van der Waals surface area contributed by atoms with Gasteiger partial charge in [0.05, 0.1) is 10.5 Å². The third kappa shape index (κ3) is 3.91. The molecule has 3 aromatic rings. The SMILES string of the molecule is Cc1cc(OCc2ccc(F)cc2)cc2c1C(=O)/C(=C/c1cccc([N+](=O)[O-])c1)O2. The van der Waals surface area contributed by atoms with Gasteiger partial charge >= 0.3 is 0 Å². The summed E-state index contributed by atoms with van der Waals surface area (Å²) in [6.07, 6.45) is 1.48. The van der Waals surface area contributed by atoms with E-state index in [2.05, 4.69) is 0 Å². The number of benzene rings is 3. The number of non-ortho nitro benzene ring substituents is 1. The van der Waals surface area contributed by atoms with Gasteiger partial charge in [0.1, 0.15) is 23.9 Å². The highest BCUT2D eigenvalue weighted by Crippen LogP contribution is 2.37. The number of ketones is 1. The summed E-state index contributed by atoms with van der Waals surface area (Å²) in [4.78, 5) is 23.2. The predicted octanol–water partition coefficient (Wildman–Crippen LogP) is 5.24. The van der Waals surface area contributed by atoms with Gasteiger partial charge < -0.3 is 9.47 Å². The summed E-state index contributed by atoms with van der Waals surface area (Å²) in [5, 5.41) is 11.0. The standard InChI is InChI=1S/C23H16FNO5/c1-14-9-19(29-13-15-5-7-17(24)8-6-15)12-20-22(14)23(26)21(30-20)11-16-3-2-4-18(10-16)25(27)28/h2-12H,13H2,1H3/b21-11-. The predicted molar refractivity (Wildman–Crippen MR) is 108 cm³/mol. The zero-order chi connectivity index (χ0) is 21.3. The van der Waals surface area contributed by atoms with Crippen LogP contribution in [0.1, 0.15) is 27.0 Å². The van der Waals surface area contributed by atoms with Crippen molar-refractivity contribution in [2.45, 2.75) is 13.5 Å². The molecular weight excluding hydrogens is 389 g/mol. The highest BCUT2D eigenvalue weighted by molar-refractivity contribution is 6.15. The van der Waals surface area contributed by atoms with E-state index in [9.17, 15) is 19.3 Å². The molecule has 0 spiro atoms. The van der Waals surface area contributed by atoms with Crippen molar-refractivity contribution < 1.29 is 23.6 Å². The topological polar surface area (TPSA) is 78.7 Å². The molecule has 0 atom stereocenters. The van der Waals surface area contributed by atoms with Crippen LogP contribution in [0.15, 0.2) is 66.4 Å². The largest absolute Gasteiger partial charge is 0.489 e. The Balaban J connectivity index is 1.56. The van der Waals surface area contributed by atoms with Gasteiger partial charge in [-0.3, -0.25) is 14.9 Å². The maximum atomic E-state index is 13.0. The number of hydrogen-bond acceptors (Lipinski definition) is 5. The second-order valence-corrected chi connectivity index (χ2v) is 6.82. The number of nitrogens with zero attached hydrogens (tertiary/aromatic N) is 1. The fraction of sp³-hybridized carbons (Fsp3) is 0.0870. The van der Waals surface area contributed by atoms with Crippen LogP contribution in [0.2, 0.25) is 0 Å². The number of nitro benzene ring substituents is 1. The average molecular weight is 405 g/mol. The molecule has 0 fully saturated rings. The molecule has 0 saturated heterocycles. The lowest BCUT2D eigenvalue weighted by Crippen LogP contribution is -2.00. The molecule has 0 N–H and O–H groups in total. The lowest BCUT2D eigenvalue weighted by molar-refractivity contribution is -0.384. The molecule has 0 amide bonds. The molecule has 0 saturated carbocycles. The molecule has 1 aliphatic rings. The Morgan fingerprint density at radius 3 is 2.63 bits per heavy atom. The number of allylic oxidation sites excluding steroid dienone is 1. The molecule has 1 heterocycles. The summed E-state index contributed by atoms with van der Waals surface area (Å²) < 4.78 is 24.5. The van der Waals surface area contributed by atoms with E-state index in [0.717, 1.165) is 5.56 Å². The summed E-state index contributed by atoms with van der Waals surface area (Å²) in [5.41, 5.74) is 2.35. The number of carbonyl (C=O) groups excluding carboxylic acids is 1. The summed E-state index contributed by atoms with van der Waals surface area (Å²) in [5.74, 6) is 0.358. The summed E-state index contributed by atoms with van der Waals surface area (Å²) in [6.45, 7) is 2.02. The van der Waals surface area contributed by atoms with E-state index in [1.807, 2.05) is 0 Å². The van der Waals surface area contributed by atoms with Crippen molar-refractivity contribution in [2.75, 3.05) is 0 Å². The minimum Gasteiger partial charge on any atom is -0.489 e. The Morgan fingerprint density at radius 2 is 1.90 bits per heavy atom. The maximum Gasteiger partial charge on any atom is 0.270 e. The van der Waals surface area contributed by atoms with Crippen LogP contribution in [0.4, 0.5) is 10.1 Å². The number of hydrogen-bond donors (Lipinski definition) is 0. The van der Waals surface area contributed by atoms with Gasteiger partial charge in [-0.25, -0.2) is 4.39 Å². The van der Waals surface area contributed by atoms with Gasteiger partial charge in [-0.15, -0.1) is 0 Å². The monoisotopic (exact) mass is 405 g/mol. The highest BCUT2D eigenvalue weighted by Gasteiger charge is 2.30. The Bertz CT molecular complexity index is 1180. The first-order chi connectivity index (χ1) is 14.4. The minimum atomic E-state index is -0.497. The van der Waals surface area contributed by atoms with Crippen molar-refractivity contribution in [2.24, 2.45) is 0 Å². The molecule has 0 unspecified atom stereocenters. The van der Waals surface area contributed by atoms with E-state index in [1.54, 1.807) is 43.3 Å². The first-order valence-corrected chi connectivity index (χ1v) is 9.11. The van der Waals surface area contributed by atoms with E-state index >= 15 is 0 Å². The number of Topliss-reactive ketones (excluding diaryl/α,β-unsaturated/α-hetero) is 1. The van der Waals surface area contributed by atoms with Gasteiger partial charge in [0.15, 0.2) is 5.76 Å². The van der Waals surface area contributed by atoms with E-state index in [1.165, 1.54) is 30.3 Å². The third-order valence-corrected chi connectivity index (χ3v) is 4.64. The highest BCUT2D eigenvalue weighted by atomic mass is 19.1. The molecule has 0 radical (unpaired) electrons. The fourth-order valence-electron chi connectivity index (χ4n) is 3.19. The van der Waals surface area contributed by atoms with Crippen LogP contribution in [0.25, 0.3) is 6.08 Å². The van der Waals surface area contributed by atoms with E-state index in [0.29, 0.717) is 28.2 Å². The Morgan fingerprint density at radius 1 is 1.13 bits per heavy atom. The first kappa shape index (κ1) is 19.3. The van der Waals surface area contributed by atoms with Crippen molar-refractivity contribution in [3.8, 4) is 11.5 Å². The second-order valence-electron chi connectivity index (χ2n) is 6.82. The van der Waals surface area contributed by atoms with Crippen LogP contribution in [-0.2, 0) is 6.61 Å². The number of aryl methyl sites for hydroxylation is 1. The number of halogens is 1. The van der Waals surface area contributed by atoms with Crippen LogP contribution >= 0.6 is 0 Å². The zero-order valence-electron chi connectivity index (χ0n) is 15.9. The van der Waals surface area contributed by atoms with Crippen molar-refractivity contribution in [1.29, 1.82) is 0 Å². The summed E-state index contributed by atoms with van der Waals surface area (Å²) in [6, 6.07) is 15.3. The maximum absolute atomic E-state index is 13.0. The molecule has 7 heteroatoms. The molecule has 4 rings (SSSR count). The van der Waals surface area contributed by atoms with Gasteiger partial charge in [0.2, 0.25) is 5.78 Å². The third-order valence-electron chi connectivity index (χ3n) is 4.64. The molecule has 3 aromatic carbocycles. The van der Waals surface area contributed by atoms with Crippen molar-refractivity contribution >= 4 is 17.5 Å². The first-order valence-electron chi connectivity index (χ1n) is 9.11. The number of rotatable bonds is 5. The zero-order valence-corrected chi connectivity index (χ0v) is 15.9. The Kier molecular flexibility index (Phi) is 5.02. The summed E-state index contributed by atoms with van der Waals surface area (Å²) >= 11 is 0. The van der Waals surface area contributed by atoms with E-state index < -0.39 is 4.92 Å². The van der Waals surface area contributed by atoms with Crippen LogP contribution in [0, 0.1) is 22.9 Å². The minimum absolute atomic E-state index is 0.0695. The number of nitro groups is 1. The van der Waals surface area contributed by atoms with Crippen LogP contribution in [0.5, 0.6) is 11.5 Å². The molecule has 1 aliphatic heterocycles. The van der Waals surface area contributed by atoms with Crippen molar-refractivity contribution in [3.05, 3.63) is 105 Å². The van der Waals surface area contributed by atoms with Gasteiger partial charge in [0.25, 0.3) is 5.69 Å². The fourth-order valence-corrected chi connectivity index (χ4v) is 3.19. The molecule has 0 aromatic heterocycles. The molecule has 0 bridgehead atoms. The Hall–Kier alpha value is -4.00. The van der Waals surface area contributed by atoms with Gasteiger partial charge in [-0.1, -0.05) is 24.3 Å². The van der Waals surface area contributed by atoms with Gasteiger partial charge in [-0.05, 0) is 47.9 Å². The summed E-state index contributed by atoms with van der Waals surface area (Å²) in [7, 11) is 0. The number of carbonyl (C=O) groups is 1. The lowest BCUT2D eigenvalue weighted by Gasteiger charge is -2.09. The molecule has 150 valence electrons. The van der Waals surface area contributed by atoms with Crippen LogP contribution in [0.3, 0.4) is 0 Å². The molecule has 30 heavy (non-hydrogen) atoms. The molecule has 6 nitrogen and oxygen atoms in total. The van der Waals surface area contributed by atoms with E-state index in [4.69, 9.17) is 9.47 Å². The normalized spacial score (nSPS) is 13.8. The van der Waals surface area contributed by atoms with Crippen LogP contribution < -0.4 is 9.47 Å². The second kappa shape index (κ2) is 7.79. The van der Waals surface area contributed by atoms with E-state index in [-0.39, 0.29) is 29.7 Å². The lowest BCUT2D eigenvalue weighted by atomic mass is 10.0. The number of ether oxygens (including phenoxy) is 2. The molecule has 0 aliphatic carbocycles. The van der Waals surface area contributed by atoms with Crippen molar-refractivity contribution in [1.82, 2.24) is 0 Å². The average Bonchev–Trinajstić information content (AvgIpc) is 3.03. The smallest absolute Gasteiger partial charge is 0.270 e. The Labute approximate surface area is 171 Å². The molecular formula is C23H16FNO5. The van der Waals surface area contributed by atoms with Gasteiger partial charge in [0, 0.05) is 18.2 Å². The quantitative estimate of drug-likeness (QED) is 0.330. The van der Waals surface area contributed by atoms with Crippen LogP contribution in [-0.4, -0.2) is 10.7 Å². The number of fused-ring (bicyclic) bond motifs is 1.